The minimum absolute atomic E-state index is 0.0780. The van der Waals surface area contributed by atoms with Gasteiger partial charge in [0.25, 0.3) is 5.91 Å². The van der Waals surface area contributed by atoms with Gasteiger partial charge in [0.2, 0.25) is 0 Å². The standard InChI is InChI=1S/C14H15ClN4O5/c1-8-11(12(15)19(2)18-8)13(21)24-7-10(20)17-14(22)16-6-9-4-3-5-23-9/h3-5H,6-7H2,1-2H3,(H2,16,17,20,22). The first kappa shape index (κ1) is 17.5. The Labute approximate surface area is 141 Å². The van der Waals surface area contributed by atoms with Gasteiger partial charge in [0.05, 0.1) is 18.5 Å². The van der Waals surface area contributed by atoms with Crippen molar-refractivity contribution in [2.24, 2.45) is 7.05 Å². The van der Waals surface area contributed by atoms with Crippen LogP contribution in [0.1, 0.15) is 21.8 Å². The van der Waals surface area contributed by atoms with Crippen molar-refractivity contribution in [2.75, 3.05) is 6.61 Å². The number of amides is 3. The molecule has 0 atom stereocenters. The maximum atomic E-state index is 11.9. The van der Waals surface area contributed by atoms with Crippen LogP contribution >= 0.6 is 11.6 Å². The Morgan fingerprint density at radius 1 is 1.42 bits per heavy atom. The Bertz CT molecular complexity index is 754. The number of aromatic nitrogens is 2. The predicted molar refractivity (Wildman–Crippen MR) is 82.3 cm³/mol. The van der Waals surface area contributed by atoms with Crippen LogP contribution in [-0.4, -0.2) is 34.3 Å². The highest BCUT2D eigenvalue weighted by Gasteiger charge is 2.21. The zero-order valence-corrected chi connectivity index (χ0v) is 13.7. The SMILES string of the molecule is Cc1nn(C)c(Cl)c1C(=O)OCC(=O)NC(=O)NCc1ccco1. The largest absolute Gasteiger partial charge is 0.467 e. The first-order valence-corrected chi connectivity index (χ1v) is 7.22. The number of hydrogen-bond donors (Lipinski definition) is 2. The molecule has 2 N–H and O–H groups in total. The third kappa shape index (κ3) is 4.35. The molecule has 2 rings (SSSR count). The quantitative estimate of drug-likeness (QED) is 0.778. The number of nitrogens with zero attached hydrogens (tertiary/aromatic N) is 2. The maximum absolute atomic E-state index is 11.9. The summed E-state index contributed by atoms with van der Waals surface area (Å²) in [6, 6.07) is 2.61. The molecule has 2 aromatic heterocycles. The van der Waals surface area contributed by atoms with E-state index in [1.807, 2.05) is 5.32 Å². The highest BCUT2D eigenvalue weighted by atomic mass is 35.5. The van der Waals surface area contributed by atoms with E-state index in [2.05, 4.69) is 10.4 Å². The number of imide groups is 1. The summed E-state index contributed by atoms with van der Waals surface area (Å²) in [7, 11) is 1.57. The Morgan fingerprint density at radius 2 is 2.17 bits per heavy atom. The van der Waals surface area contributed by atoms with Crippen molar-refractivity contribution in [2.45, 2.75) is 13.5 Å². The summed E-state index contributed by atoms with van der Waals surface area (Å²) in [6.45, 7) is 1.08. The van der Waals surface area contributed by atoms with Gasteiger partial charge in [0, 0.05) is 7.05 Å². The number of halogens is 1. The summed E-state index contributed by atoms with van der Waals surface area (Å²) in [4.78, 5) is 35.0. The molecular formula is C14H15ClN4O5. The van der Waals surface area contributed by atoms with Gasteiger partial charge in [-0.1, -0.05) is 11.6 Å². The lowest BCUT2D eigenvalue weighted by molar-refractivity contribution is -0.123. The van der Waals surface area contributed by atoms with Crippen molar-refractivity contribution in [1.82, 2.24) is 20.4 Å². The molecule has 0 saturated carbocycles. The fourth-order valence-electron chi connectivity index (χ4n) is 1.85. The zero-order chi connectivity index (χ0) is 17.7. The number of aryl methyl sites for hydroxylation is 2. The number of carbonyl (C=O) groups excluding carboxylic acids is 3. The van der Waals surface area contributed by atoms with Crippen LogP contribution in [0.3, 0.4) is 0 Å². The van der Waals surface area contributed by atoms with Crippen LogP contribution in [0.2, 0.25) is 5.15 Å². The molecule has 0 aromatic carbocycles. The predicted octanol–water partition coefficient (Wildman–Crippen LogP) is 1.16. The average Bonchev–Trinajstić information content (AvgIpc) is 3.12. The number of nitrogens with one attached hydrogen (secondary N) is 2. The zero-order valence-electron chi connectivity index (χ0n) is 13.0. The summed E-state index contributed by atoms with van der Waals surface area (Å²) >= 11 is 5.92. The van der Waals surface area contributed by atoms with Gasteiger partial charge >= 0.3 is 12.0 Å². The number of rotatable bonds is 5. The summed E-state index contributed by atoms with van der Waals surface area (Å²) in [5.41, 5.74) is 0.457. The number of furan rings is 1. The Morgan fingerprint density at radius 3 is 2.75 bits per heavy atom. The molecule has 0 unspecified atom stereocenters. The van der Waals surface area contributed by atoms with Crippen LogP contribution in [0, 0.1) is 6.92 Å². The third-order valence-corrected chi connectivity index (χ3v) is 3.38. The number of carbonyl (C=O) groups is 3. The molecule has 24 heavy (non-hydrogen) atoms. The molecule has 10 heteroatoms. The molecular weight excluding hydrogens is 340 g/mol. The molecule has 0 aliphatic carbocycles. The summed E-state index contributed by atoms with van der Waals surface area (Å²) in [6.07, 6.45) is 1.46. The fraction of sp³-hybridized carbons (Fsp3) is 0.286. The van der Waals surface area contributed by atoms with Crippen LogP contribution in [0.15, 0.2) is 22.8 Å². The number of urea groups is 1. The molecule has 0 spiro atoms. The minimum Gasteiger partial charge on any atom is -0.467 e. The van der Waals surface area contributed by atoms with Gasteiger partial charge in [0.15, 0.2) is 6.61 Å². The highest BCUT2D eigenvalue weighted by molar-refractivity contribution is 6.32. The molecule has 0 aliphatic heterocycles. The molecule has 0 fully saturated rings. The normalized spacial score (nSPS) is 10.3. The van der Waals surface area contributed by atoms with Gasteiger partial charge in [-0.3, -0.25) is 14.8 Å². The summed E-state index contributed by atoms with van der Waals surface area (Å²) in [5, 5.41) is 8.51. The van der Waals surface area contributed by atoms with Gasteiger partial charge in [-0.2, -0.15) is 5.10 Å². The van der Waals surface area contributed by atoms with Crippen LogP contribution in [0.4, 0.5) is 4.79 Å². The maximum Gasteiger partial charge on any atom is 0.343 e. The molecule has 2 aromatic rings. The van der Waals surface area contributed by atoms with Gasteiger partial charge in [-0.15, -0.1) is 0 Å². The highest BCUT2D eigenvalue weighted by Crippen LogP contribution is 2.19. The second-order valence-electron chi connectivity index (χ2n) is 4.76. The molecule has 0 saturated heterocycles. The monoisotopic (exact) mass is 354 g/mol. The van der Waals surface area contributed by atoms with Crippen LogP contribution in [0.5, 0.6) is 0 Å². The van der Waals surface area contributed by atoms with Gasteiger partial charge in [-0.25, -0.2) is 9.59 Å². The molecule has 9 nitrogen and oxygen atoms in total. The topological polar surface area (TPSA) is 115 Å². The van der Waals surface area contributed by atoms with Crippen molar-refractivity contribution in [3.8, 4) is 0 Å². The smallest absolute Gasteiger partial charge is 0.343 e. The van der Waals surface area contributed by atoms with Gasteiger partial charge in [0.1, 0.15) is 16.5 Å². The van der Waals surface area contributed by atoms with E-state index in [1.54, 1.807) is 26.1 Å². The number of hydrogen-bond acceptors (Lipinski definition) is 6. The van der Waals surface area contributed by atoms with E-state index in [4.69, 9.17) is 20.8 Å². The van der Waals surface area contributed by atoms with Crippen molar-refractivity contribution < 1.29 is 23.5 Å². The summed E-state index contributed by atoms with van der Waals surface area (Å²) in [5.74, 6) is -1.04. The van der Waals surface area contributed by atoms with Crippen molar-refractivity contribution in [1.29, 1.82) is 0 Å². The summed E-state index contributed by atoms with van der Waals surface area (Å²) < 4.78 is 11.2. The van der Waals surface area contributed by atoms with Crippen LogP contribution < -0.4 is 10.6 Å². The van der Waals surface area contributed by atoms with E-state index >= 15 is 0 Å². The second kappa shape index (κ2) is 7.64. The van der Waals surface area contributed by atoms with Crippen LogP contribution in [0.25, 0.3) is 0 Å². The second-order valence-corrected chi connectivity index (χ2v) is 5.12. The van der Waals surface area contributed by atoms with E-state index in [-0.39, 0.29) is 17.3 Å². The van der Waals surface area contributed by atoms with E-state index in [0.717, 1.165) is 0 Å². The molecule has 128 valence electrons. The first-order valence-electron chi connectivity index (χ1n) is 6.84. The Balaban J connectivity index is 1.78. The van der Waals surface area contributed by atoms with E-state index in [0.29, 0.717) is 11.5 Å². The van der Waals surface area contributed by atoms with E-state index in [9.17, 15) is 14.4 Å². The number of ether oxygens (including phenoxy) is 1. The molecule has 0 aliphatic rings. The Hall–Kier alpha value is -2.81. The van der Waals surface area contributed by atoms with Crippen molar-refractivity contribution in [3.63, 3.8) is 0 Å². The van der Waals surface area contributed by atoms with E-state index in [1.165, 1.54) is 10.9 Å². The fourth-order valence-corrected chi connectivity index (χ4v) is 2.10. The molecule has 2 heterocycles. The first-order chi connectivity index (χ1) is 11.4. The molecule has 3 amide bonds. The Kier molecular flexibility index (Phi) is 5.59. The molecule has 0 bridgehead atoms. The van der Waals surface area contributed by atoms with E-state index < -0.39 is 24.5 Å². The lowest BCUT2D eigenvalue weighted by Gasteiger charge is -2.06. The third-order valence-electron chi connectivity index (χ3n) is 2.95. The average molecular weight is 355 g/mol. The number of esters is 1. The van der Waals surface area contributed by atoms with Crippen LogP contribution in [-0.2, 0) is 23.1 Å². The lowest BCUT2D eigenvalue weighted by Crippen LogP contribution is -2.41. The van der Waals surface area contributed by atoms with Crippen molar-refractivity contribution in [3.05, 3.63) is 40.6 Å². The van der Waals surface area contributed by atoms with Gasteiger partial charge in [-0.05, 0) is 19.1 Å². The lowest BCUT2D eigenvalue weighted by atomic mass is 10.3. The van der Waals surface area contributed by atoms with Gasteiger partial charge < -0.3 is 14.5 Å². The van der Waals surface area contributed by atoms with Crippen molar-refractivity contribution >= 4 is 29.5 Å². The minimum atomic E-state index is -0.795. The molecule has 0 radical (unpaired) electrons.